The summed E-state index contributed by atoms with van der Waals surface area (Å²) in [5.74, 6) is 0. The fourth-order valence-corrected chi connectivity index (χ4v) is 2.72. The molecule has 0 aliphatic heterocycles. The van der Waals surface area contributed by atoms with Crippen molar-refractivity contribution in [2.24, 2.45) is 11.5 Å². The standard InChI is InChI=1S/C18H43N5.5BrH/c1-2-21-15-10-18-23(17-9-12-20)16-7-5-3-4-6-13-22-14-8-11-19;;;;;/h21-22H,2-20H2,1H3;5*1H. The van der Waals surface area contributed by atoms with Crippen LogP contribution in [0.5, 0.6) is 0 Å². The summed E-state index contributed by atoms with van der Waals surface area (Å²) in [4.78, 5) is 2.60. The van der Waals surface area contributed by atoms with Gasteiger partial charge in [-0.05, 0) is 91.0 Å². The molecule has 10 heteroatoms. The molecule has 0 fully saturated rings. The van der Waals surface area contributed by atoms with Crippen molar-refractivity contribution >= 4 is 84.9 Å². The van der Waals surface area contributed by atoms with Gasteiger partial charge in [-0.25, -0.2) is 0 Å². The summed E-state index contributed by atoms with van der Waals surface area (Å²) in [6, 6.07) is 0. The molecule has 0 saturated carbocycles. The molecule has 0 saturated heterocycles. The van der Waals surface area contributed by atoms with Gasteiger partial charge >= 0.3 is 0 Å². The number of nitrogens with one attached hydrogen (secondary N) is 2. The van der Waals surface area contributed by atoms with Crippen molar-refractivity contribution in [1.29, 1.82) is 0 Å². The largest absolute Gasteiger partial charge is 0.330 e. The van der Waals surface area contributed by atoms with Crippen LogP contribution in [0.3, 0.4) is 0 Å². The number of unbranched alkanes of at least 4 members (excludes halogenated alkanes) is 4. The van der Waals surface area contributed by atoms with Crippen LogP contribution in [0.25, 0.3) is 0 Å². The normalized spacial score (nSPS) is 9.43. The van der Waals surface area contributed by atoms with Crippen LogP contribution in [0, 0.1) is 0 Å². The number of hydrogen-bond acceptors (Lipinski definition) is 5. The van der Waals surface area contributed by atoms with Crippen LogP contribution in [-0.4, -0.2) is 63.8 Å². The van der Waals surface area contributed by atoms with Gasteiger partial charge in [-0.1, -0.05) is 26.2 Å². The minimum absolute atomic E-state index is 0. The first-order valence-corrected chi connectivity index (χ1v) is 9.89. The molecule has 0 aromatic heterocycles. The molecule has 0 aliphatic carbocycles. The van der Waals surface area contributed by atoms with Crippen LogP contribution >= 0.6 is 84.9 Å². The van der Waals surface area contributed by atoms with E-state index in [0.717, 1.165) is 58.7 Å². The Bertz CT molecular complexity index is 233. The molecular weight excluding hydrogens is 686 g/mol. The van der Waals surface area contributed by atoms with Gasteiger partial charge in [-0.15, -0.1) is 84.9 Å². The van der Waals surface area contributed by atoms with Crippen molar-refractivity contribution < 1.29 is 0 Å². The zero-order valence-corrected chi connectivity index (χ0v) is 26.2. The molecule has 5 nitrogen and oxygen atoms in total. The molecule has 6 N–H and O–H groups in total. The van der Waals surface area contributed by atoms with Gasteiger partial charge in [0.1, 0.15) is 0 Å². The Hall–Kier alpha value is 2.20. The summed E-state index contributed by atoms with van der Waals surface area (Å²) in [5.41, 5.74) is 11.1. The second kappa shape index (κ2) is 39.7. The highest BCUT2D eigenvalue weighted by Crippen LogP contribution is 2.05. The number of hydrogen-bond donors (Lipinski definition) is 4. The van der Waals surface area contributed by atoms with Gasteiger partial charge in [-0.2, -0.15) is 0 Å². The molecule has 0 unspecified atom stereocenters. The molecule has 28 heavy (non-hydrogen) atoms. The van der Waals surface area contributed by atoms with E-state index in [1.807, 2.05) is 0 Å². The number of halogens is 5. The monoisotopic (exact) mass is 729 g/mol. The molecule has 0 aromatic carbocycles. The Morgan fingerprint density at radius 2 is 1.00 bits per heavy atom. The molecule has 0 atom stereocenters. The van der Waals surface area contributed by atoms with E-state index in [9.17, 15) is 0 Å². The molecule has 0 rings (SSSR count). The molecule has 0 aliphatic rings. The Morgan fingerprint density at radius 1 is 0.536 bits per heavy atom. The molecule has 0 amide bonds. The number of rotatable bonds is 19. The van der Waals surface area contributed by atoms with Crippen LogP contribution in [0.4, 0.5) is 0 Å². The molecule has 0 bridgehead atoms. The second-order valence-corrected chi connectivity index (χ2v) is 6.35. The highest BCUT2D eigenvalue weighted by Gasteiger charge is 2.03. The van der Waals surface area contributed by atoms with Crippen molar-refractivity contribution in [2.45, 2.75) is 58.3 Å². The van der Waals surface area contributed by atoms with Crippen molar-refractivity contribution in [3.63, 3.8) is 0 Å². The predicted molar refractivity (Wildman–Crippen MR) is 155 cm³/mol. The lowest BCUT2D eigenvalue weighted by molar-refractivity contribution is 0.261. The predicted octanol–water partition coefficient (Wildman–Crippen LogP) is 4.42. The first-order valence-electron chi connectivity index (χ1n) is 9.89. The quantitative estimate of drug-likeness (QED) is 0.148. The highest BCUT2D eigenvalue weighted by molar-refractivity contribution is 8.93. The van der Waals surface area contributed by atoms with E-state index in [1.54, 1.807) is 0 Å². The maximum Gasteiger partial charge on any atom is -0.000663 e. The second-order valence-electron chi connectivity index (χ2n) is 6.35. The van der Waals surface area contributed by atoms with Gasteiger partial charge in [0, 0.05) is 0 Å². The van der Waals surface area contributed by atoms with Crippen molar-refractivity contribution in [2.75, 3.05) is 58.9 Å². The third-order valence-electron chi connectivity index (χ3n) is 4.14. The zero-order chi connectivity index (χ0) is 17.0. The molecule has 180 valence electrons. The average Bonchev–Trinajstić information content (AvgIpc) is 2.57. The smallest absolute Gasteiger partial charge is 0.000663 e. The summed E-state index contributed by atoms with van der Waals surface area (Å²) in [6.45, 7) is 11.8. The summed E-state index contributed by atoms with van der Waals surface area (Å²) < 4.78 is 0. The lowest BCUT2D eigenvalue weighted by Gasteiger charge is -2.22. The van der Waals surface area contributed by atoms with Crippen molar-refractivity contribution in [1.82, 2.24) is 15.5 Å². The van der Waals surface area contributed by atoms with Crippen molar-refractivity contribution in [3.8, 4) is 0 Å². The third-order valence-corrected chi connectivity index (χ3v) is 4.14. The Morgan fingerprint density at radius 3 is 1.61 bits per heavy atom. The summed E-state index contributed by atoms with van der Waals surface area (Å²) in [7, 11) is 0. The van der Waals surface area contributed by atoms with Crippen molar-refractivity contribution in [3.05, 3.63) is 0 Å². The van der Waals surface area contributed by atoms with Gasteiger partial charge < -0.3 is 27.0 Å². The van der Waals surface area contributed by atoms with Crippen LogP contribution in [0.2, 0.25) is 0 Å². The number of nitrogens with zero attached hydrogens (tertiary/aromatic N) is 1. The molecule has 0 spiro atoms. The Kier molecular flexibility index (Phi) is 62.3. The van der Waals surface area contributed by atoms with Gasteiger partial charge in [0.2, 0.25) is 0 Å². The van der Waals surface area contributed by atoms with E-state index in [1.165, 1.54) is 51.6 Å². The zero-order valence-electron chi connectivity index (χ0n) is 17.7. The Balaban J connectivity index is -0.000000242. The first kappa shape index (κ1) is 44.0. The average molecular weight is 734 g/mol. The van der Waals surface area contributed by atoms with Crippen LogP contribution in [-0.2, 0) is 0 Å². The van der Waals surface area contributed by atoms with Gasteiger partial charge in [0.25, 0.3) is 0 Å². The van der Waals surface area contributed by atoms with E-state index < -0.39 is 0 Å². The summed E-state index contributed by atoms with van der Waals surface area (Å²) in [6.07, 6.45) is 10.1. The minimum Gasteiger partial charge on any atom is -0.330 e. The molecule has 0 radical (unpaired) electrons. The number of nitrogens with two attached hydrogens (primary N) is 2. The maximum atomic E-state index is 5.65. The molecular formula is C18H48Br5N5. The van der Waals surface area contributed by atoms with E-state index in [4.69, 9.17) is 11.5 Å². The lowest BCUT2D eigenvalue weighted by atomic mass is 10.1. The summed E-state index contributed by atoms with van der Waals surface area (Å²) in [5, 5.41) is 6.85. The first-order chi connectivity index (χ1) is 11.3. The molecule has 0 heterocycles. The van der Waals surface area contributed by atoms with E-state index >= 15 is 0 Å². The molecule has 0 aromatic rings. The SMILES string of the molecule is Br.Br.Br.Br.Br.CCNCCCN(CCCN)CCCCCCCNCCCN. The lowest BCUT2D eigenvalue weighted by Crippen LogP contribution is -2.30. The maximum absolute atomic E-state index is 5.65. The van der Waals surface area contributed by atoms with Gasteiger partial charge in [0.15, 0.2) is 0 Å². The highest BCUT2D eigenvalue weighted by atomic mass is 79.9. The third kappa shape index (κ3) is 35.6. The van der Waals surface area contributed by atoms with Crippen LogP contribution in [0.15, 0.2) is 0 Å². The van der Waals surface area contributed by atoms with Gasteiger partial charge in [-0.3, -0.25) is 0 Å². The van der Waals surface area contributed by atoms with E-state index in [-0.39, 0.29) is 84.9 Å². The van der Waals surface area contributed by atoms with E-state index in [0.29, 0.717) is 0 Å². The van der Waals surface area contributed by atoms with E-state index in [2.05, 4.69) is 22.5 Å². The van der Waals surface area contributed by atoms with Gasteiger partial charge in [0.05, 0.1) is 0 Å². The topological polar surface area (TPSA) is 79.3 Å². The fraction of sp³-hybridized carbons (Fsp3) is 1.00. The Labute approximate surface area is 227 Å². The minimum atomic E-state index is 0. The van der Waals surface area contributed by atoms with Crippen LogP contribution < -0.4 is 22.1 Å². The summed E-state index contributed by atoms with van der Waals surface area (Å²) >= 11 is 0. The van der Waals surface area contributed by atoms with Crippen LogP contribution in [0.1, 0.15) is 58.3 Å². The fourth-order valence-electron chi connectivity index (χ4n) is 2.72.